The van der Waals surface area contributed by atoms with Crippen molar-refractivity contribution in [2.45, 2.75) is 33.7 Å². The first kappa shape index (κ1) is 20.9. The van der Waals surface area contributed by atoms with E-state index >= 15 is 0 Å². The highest BCUT2D eigenvalue weighted by Crippen LogP contribution is 2.31. The lowest BCUT2D eigenvalue weighted by molar-refractivity contribution is 0.102. The Balaban J connectivity index is 1.58. The first-order valence-electron chi connectivity index (χ1n) is 10.2. The molecule has 0 aliphatic carbocycles. The lowest BCUT2D eigenvalue weighted by atomic mass is 9.98. The van der Waals surface area contributed by atoms with Gasteiger partial charge >= 0.3 is 0 Å². The van der Waals surface area contributed by atoms with Gasteiger partial charge in [-0.1, -0.05) is 66.8 Å². The number of nitrogens with one attached hydrogen (secondary N) is 1. The number of aromatic nitrogens is 5. The van der Waals surface area contributed by atoms with Gasteiger partial charge in [-0.05, 0) is 35.2 Å². The molecule has 2 aromatic heterocycles. The standard InChI is InChI=1S/C23H24N6OS/c1-4-13-29(23-24-15(2)21(31-23)16(3)30)14-17-9-11-18(12-10-17)19-7-5-6-8-20(19)22-25-27-28-26-22/h5-12H,4,13-14H2,1-3H3,(H,25,26,27,28). The van der Waals surface area contributed by atoms with Crippen LogP contribution in [0.25, 0.3) is 22.5 Å². The fraction of sp³-hybridized carbons (Fsp3) is 0.261. The van der Waals surface area contributed by atoms with Crippen LogP contribution < -0.4 is 4.90 Å². The molecule has 158 valence electrons. The molecule has 4 rings (SSSR count). The molecule has 0 amide bonds. The summed E-state index contributed by atoms with van der Waals surface area (Å²) in [6.45, 7) is 7.27. The molecule has 0 aliphatic heterocycles. The SMILES string of the molecule is CCCN(Cc1ccc(-c2ccccc2-c2nn[nH]n2)cc1)c1nc(C)c(C(C)=O)s1. The van der Waals surface area contributed by atoms with Crippen molar-refractivity contribution in [2.24, 2.45) is 0 Å². The van der Waals surface area contributed by atoms with Crippen molar-refractivity contribution in [3.8, 4) is 22.5 Å². The van der Waals surface area contributed by atoms with Crippen LogP contribution in [0.1, 0.15) is 41.2 Å². The van der Waals surface area contributed by atoms with Crippen LogP contribution in [0.15, 0.2) is 48.5 Å². The topological polar surface area (TPSA) is 87.7 Å². The molecule has 31 heavy (non-hydrogen) atoms. The van der Waals surface area contributed by atoms with Crippen molar-refractivity contribution in [1.29, 1.82) is 0 Å². The molecule has 0 spiro atoms. The highest BCUT2D eigenvalue weighted by Gasteiger charge is 2.17. The number of nitrogens with zero attached hydrogens (tertiary/aromatic N) is 5. The van der Waals surface area contributed by atoms with Gasteiger partial charge in [0.05, 0.1) is 10.6 Å². The second kappa shape index (κ2) is 9.18. The molecule has 0 saturated heterocycles. The first-order chi connectivity index (χ1) is 15.1. The Morgan fingerprint density at radius 1 is 1.10 bits per heavy atom. The van der Waals surface area contributed by atoms with Gasteiger partial charge < -0.3 is 4.90 Å². The minimum absolute atomic E-state index is 0.0716. The number of hydrogen-bond acceptors (Lipinski definition) is 7. The number of Topliss-reactive ketones (excluding diaryl/α,β-unsaturated/α-hetero) is 1. The highest BCUT2D eigenvalue weighted by atomic mass is 32.1. The minimum Gasteiger partial charge on any atom is -0.344 e. The number of tetrazole rings is 1. The molecule has 2 heterocycles. The van der Waals surface area contributed by atoms with Gasteiger partial charge in [-0.3, -0.25) is 4.79 Å². The van der Waals surface area contributed by atoms with Gasteiger partial charge in [-0.15, -0.1) is 10.2 Å². The van der Waals surface area contributed by atoms with E-state index < -0.39 is 0 Å². The molecule has 0 atom stereocenters. The van der Waals surface area contributed by atoms with Crippen LogP contribution in [0.3, 0.4) is 0 Å². The average molecular weight is 433 g/mol. The van der Waals surface area contributed by atoms with Gasteiger partial charge in [-0.2, -0.15) is 5.21 Å². The highest BCUT2D eigenvalue weighted by molar-refractivity contribution is 7.17. The Hall–Kier alpha value is -3.39. The zero-order valence-electron chi connectivity index (χ0n) is 17.8. The number of thiazole rings is 1. The van der Waals surface area contributed by atoms with Crippen molar-refractivity contribution < 1.29 is 4.79 Å². The molecule has 1 N–H and O–H groups in total. The number of carbonyl (C=O) groups is 1. The van der Waals surface area contributed by atoms with Crippen LogP contribution in [0.4, 0.5) is 5.13 Å². The zero-order valence-corrected chi connectivity index (χ0v) is 18.6. The van der Waals surface area contributed by atoms with E-state index in [1.54, 1.807) is 6.92 Å². The largest absolute Gasteiger partial charge is 0.344 e. The third-order valence-corrected chi connectivity index (χ3v) is 6.34. The summed E-state index contributed by atoms with van der Waals surface area (Å²) in [5, 5.41) is 15.3. The molecule has 0 saturated carbocycles. The lowest BCUT2D eigenvalue weighted by Crippen LogP contribution is -2.23. The van der Waals surface area contributed by atoms with E-state index in [-0.39, 0.29) is 5.78 Å². The lowest BCUT2D eigenvalue weighted by Gasteiger charge is -2.21. The fourth-order valence-electron chi connectivity index (χ4n) is 3.57. The Bertz CT molecular complexity index is 1170. The third kappa shape index (κ3) is 4.54. The normalized spacial score (nSPS) is 10.9. The number of anilines is 1. The van der Waals surface area contributed by atoms with Crippen LogP contribution in [0.5, 0.6) is 0 Å². The number of aromatic amines is 1. The van der Waals surface area contributed by atoms with Crippen molar-refractivity contribution in [2.75, 3.05) is 11.4 Å². The van der Waals surface area contributed by atoms with Gasteiger partial charge in [0.25, 0.3) is 0 Å². The van der Waals surface area contributed by atoms with Crippen LogP contribution in [0, 0.1) is 6.92 Å². The molecule has 0 fully saturated rings. The maximum atomic E-state index is 11.8. The van der Waals surface area contributed by atoms with Gasteiger partial charge in [0, 0.05) is 25.6 Å². The monoisotopic (exact) mass is 432 g/mol. The van der Waals surface area contributed by atoms with Crippen LogP contribution in [-0.4, -0.2) is 37.9 Å². The van der Waals surface area contributed by atoms with E-state index in [9.17, 15) is 4.79 Å². The quantitative estimate of drug-likeness (QED) is 0.398. The summed E-state index contributed by atoms with van der Waals surface area (Å²) in [5.74, 6) is 0.650. The first-order valence-corrected chi connectivity index (χ1v) is 11.0. The Labute approximate surface area is 185 Å². The van der Waals surface area contributed by atoms with E-state index in [1.807, 2.05) is 25.1 Å². The summed E-state index contributed by atoms with van der Waals surface area (Å²) in [5.41, 5.74) is 5.08. The van der Waals surface area contributed by atoms with Crippen LogP contribution >= 0.6 is 11.3 Å². The maximum absolute atomic E-state index is 11.8. The smallest absolute Gasteiger partial charge is 0.205 e. The number of hydrogen-bond donors (Lipinski definition) is 1. The fourth-order valence-corrected chi connectivity index (χ4v) is 4.56. The van der Waals surface area contributed by atoms with E-state index in [0.29, 0.717) is 5.82 Å². The van der Waals surface area contributed by atoms with Crippen LogP contribution in [-0.2, 0) is 6.54 Å². The van der Waals surface area contributed by atoms with Crippen molar-refractivity contribution in [1.82, 2.24) is 25.6 Å². The molecule has 2 aromatic carbocycles. The second-order valence-corrected chi connectivity index (χ2v) is 8.34. The Morgan fingerprint density at radius 2 is 1.84 bits per heavy atom. The van der Waals surface area contributed by atoms with Crippen molar-refractivity contribution in [3.05, 3.63) is 64.7 Å². The van der Waals surface area contributed by atoms with Gasteiger partial charge in [-0.25, -0.2) is 4.98 Å². The Morgan fingerprint density at radius 3 is 2.45 bits per heavy atom. The molecule has 0 unspecified atom stereocenters. The molecule has 7 nitrogen and oxygen atoms in total. The summed E-state index contributed by atoms with van der Waals surface area (Å²) in [6.07, 6.45) is 1.00. The summed E-state index contributed by atoms with van der Waals surface area (Å²) >= 11 is 1.48. The Kier molecular flexibility index (Phi) is 6.18. The molecule has 8 heteroatoms. The predicted molar refractivity (Wildman–Crippen MR) is 123 cm³/mol. The number of aryl methyl sites for hydroxylation is 1. The van der Waals surface area contributed by atoms with Crippen molar-refractivity contribution in [3.63, 3.8) is 0 Å². The molecule has 0 radical (unpaired) electrons. The minimum atomic E-state index is 0.0716. The van der Waals surface area contributed by atoms with Gasteiger partial charge in [0.15, 0.2) is 10.9 Å². The second-order valence-electron chi connectivity index (χ2n) is 7.37. The summed E-state index contributed by atoms with van der Waals surface area (Å²) in [6, 6.07) is 16.5. The number of benzene rings is 2. The van der Waals surface area contributed by atoms with E-state index in [4.69, 9.17) is 0 Å². The average Bonchev–Trinajstić information content (AvgIpc) is 3.44. The predicted octanol–water partition coefficient (Wildman–Crippen LogP) is 4.92. The number of carbonyl (C=O) groups excluding carboxylic acids is 1. The number of ketones is 1. The molecular weight excluding hydrogens is 408 g/mol. The number of H-pyrrole nitrogens is 1. The molecule has 0 bridgehead atoms. The van der Waals surface area contributed by atoms with Gasteiger partial charge in [0.2, 0.25) is 5.82 Å². The maximum Gasteiger partial charge on any atom is 0.205 e. The molecule has 0 aliphatic rings. The van der Waals surface area contributed by atoms with Crippen molar-refractivity contribution >= 4 is 22.3 Å². The summed E-state index contributed by atoms with van der Waals surface area (Å²) in [7, 11) is 0. The third-order valence-electron chi connectivity index (χ3n) is 5.02. The molecule has 4 aromatic rings. The summed E-state index contributed by atoms with van der Waals surface area (Å²) < 4.78 is 0. The van der Waals surface area contributed by atoms with E-state index in [0.717, 1.165) is 51.9 Å². The van der Waals surface area contributed by atoms with E-state index in [1.165, 1.54) is 16.9 Å². The number of rotatable bonds is 8. The summed E-state index contributed by atoms with van der Waals surface area (Å²) in [4.78, 5) is 19.5. The van der Waals surface area contributed by atoms with Crippen LogP contribution in [0.2, 0.25) is 0 Å². The molecular formula is C23H24N6OS. The zero-order chi connectivity index (χ0) is 21.8. The van der Waals surface area contributed by atoms with Gasteiger partial charge in [0.1, 0.15) is 0 Å². The van der Waals surface area contributed by atoms with E-state index in [2.05, 4.69) is 67.8 Å².